The molecule has 0 aromatic carbocycles. The van der Waals surface area contributed by atoms with Crippen LogP contribution in [-0.2, 0) is 15.5 Å². The number of methoxy groups -OCH3 is 1. The van der Waals surface area contributed by atoms with E-state index in [1.807, 2.05) is 7.05 Å². The summed E-state index contributed by atoms with van der Waals surface area (Å²) < 4.78 is 17.4. The fourth-order valence-electron chi connectivity index (χ4n) is 3.00. The molecule has 0 heterocycles. The third-order valence-corrected chi connectivity index (χ3v) is 5.89. The molecule has 1 rings (SSSR count). The topological polar surface area (TPSA) is 38.3 Å². The minimum absolute atomic E-state index is 0.345. The van der Waals surface area contributed by atoms with Crippen LogP contribution >= 0.6 is 0 Å². The van der Waals surface area contributed by atoms with E-state index < -0.39 is 10.8 Å². The standard InChI is InChI=1S/C14H29NO2S/c1-4-6-12-7-8-13(15-2)14(11-12)18(16)10-5-9-17-3/h12-15H,4-11H2,1-3H3. The molecule has 108 valence electrons. The predicted octanol–water partition coefficient (Wildman–Crippen LogP) is 2.33. The summed E-state index contributed by atoms with van der Waals surface area (Å²) in [6.45, 7) is 2.97. The SMILES string of the molecule is CCCC1CCC(NC)C(S(=O)CCCOC)C1. The van der Waals surface area contributed by atoms with E-state index in [-0.39, 0.29) is 0 Å². The summed E-state index contributed by atoms with van der Waals surface area (Å²) in [6.07, 6.45) is 7.07. The van der Waals surface area contributed by atoms with Gasteiger partial charge in [-0.25, -0.2) is 0 Å². The minimum Gasteiger partial charge on any atom is -0.385 e. The Morgan fingerprint density at radius 3 is 2.78 bits per heavy atom. The first-order valence-corrected chi connectivity index (χ1v) is 8.64. The fourth-order valence-corrected chi connectivity index (χ4v) is 4.83. The Morgan fingerprint density at radius 2 is 2.17 bits per heavy atom. The molecule has 0 amide bonds. The van der Waals surface area contributed by atoms with Gasteiger partial charge in [-0.2, -0.15) is 0 Å². The van der Waals surface area contributed by atoms with Crippen LogP contribution in [0.4, 0.5) is 0 Å². The number of hydrogen-bond donors (Lipinski definition) is 1. The molecular formula is C14H29NO2S. The van der Waals surface area contributed by atoms with Crippen molar-refractivity contribution in [3.63, 3.8) is 0 Å². The van der Waals surface area contributed by atoms with Crippen LogP contribution in [-0.4, -0.2) is 42.0 Å². The Balaban J connectivity index is 2.48. The zero-order valence-corrected chi connectivity index (χ0v) is 12.9. The maximum absolute atomic E-state index is 12.4. The van der Waals surface area contributed by atoms with E-state index in [9.17, 15) is 4.21 Å². The van der Waals surface area contributed by atoms with Crippen LogP contribution in [0.1, 0.15) is 45.4 Å². The molecule has 4 atom stereocenters. The lowest BCUT2D eigenvalue weighted by Crippen LogP contribution is -2.45. The summed E-state index contributed by atoms with van der Waals surface area (Å²) in [5, 5.41) is 3.71. The average Bonchev–Trinajstić information content (AvgIpc) is 2.39. The van der Waals surface area contributed by atoms with Gasteiger partial charge in [-0.05, 0) is 38.6 Å². The quantitative estimate of drug-likeness (QED) is 0.691. The van der Waals surface area contributed by atoms with Crippen molar-refractivity contribution in [2.24, 2.45) is 5.92 Å². The van der Waals surface area contributed by atoms with Crippen molar-refractivity contribution in [2.75, 3.05) is 26.5 Å². The van der Waals surface area contributed by atoms with Gasteiger partial charge in [-0.15, -0.1) is 0 Å². The zero-order valence-electron chi connectivity index (χ0n) is 12.1. The van der Waals surface area contributed by atoms with Crippen LogP contribution in [0.2, 0.25) is 0 Å². The molecule has 0 spiro atoms. The molecule has 0 aromatic rings. The van der Waals surface area contributed by atoms with Gasteiger partial charge in [-0.1, -0.05) is 19.8 Å². The first kappa shape index (κ1) is 16.1. The van der Waals surface area contributed by atoms with Crippen molar-refractivity contribution < 1.29 is 8.95 Å². The highest BCUT2D eigenvalue weighted by atomic mass is 32.2. The molecule has 0 saturated heterocycles. The van der Waals surface area contributed by atoms with Gasteiger partial charge in [0.1, 0.15) is 0 Å². The average molecular weight is 275 g/mol. The van der Waals surface area contributed by atoms with E-state index in [4.69, 9.17) is 4.74 Å². The van der Waals surface area contributed by atoms with E-state index in [1.165, 1.54) is 25.7 Å². The smallest absolute Gasteiger partial charge is 0.0503 e. The number of hydrogen-bond acceptors (Lipinski definition) is 3. The van der Waals surface area contributed by atoms with Crippen LogP contribution in [0.15, 0.2) is 0 Å². The Labute approximate surface area is 115 Å². The number of ether oxygens (including phenoxy) is 1. The first-order chi connectivity index (χ1) is 8.72. The van der Waals surface area contributed by atoms with Crippen molar-refractivity contribution in [1.29, 1.82) is 0 Å². The second-order valence-electron chi connectivity index (χ2n) is 5.33. The molecule has 1 aliphatic carbocycles. The van der Waals surface area contributed by atoms with Crippen molar-refractivity contribution >= 4 is 10.8 Å². The molecule has 0 radical (unpaired) electrons. The monoisotopic (exact) mass is 275 g/mol. The molecule has 0 aliphatic heterocycles. The summed E-state index contributed by atoms with van der Waals surface area (Å²) >= 11 is 0. The fraction of sp³-hybridized carbons (Fsp3) is 1.00. The molecule has 0 bridgehead atoms. The lowest BCUT2D eigenvalue weighted by Gasteiger charge is -2.35. The molecule has 4 unspecified atom stereocenters. The lowest BCUT2D eigenvalue weighted by molar-refractivity contribution is 0.199. The summed E-state index contributed by atoms with van der Waals surface area (Å²) in [7, 11) is 3.01. The van der Waals surface area contributed by atoms with Crippen molar-refractivity contribution in [1.82, 2.24) is 5.32 Å². The van der Waals surface area contributed by atoms with Crippen LogP contribution in [0.5, 0.6) is 0 Å². The Kier molecular flexibility index (Phi) is 8.11. The second kappa shape index (κ2) is 9.05. The molecule has 18 heavy (non-hydrogen) atoms. The van der Waals surface area contributed by atoms with Gasteiger partial charge in [0.15, 0.2) is 0 Å². The largest absolute Gasteiger partial charge is 0.385 e. The van der Waals surface area contributed by atoms with Crippen molar-refractivity contribution in [2.45, 2.75) is 56.7 Å². The lowest BCUT2D eigenvalue weighted by atomic mass is 9.83. The number of nitrogens with one attached hydrogen (secondary N) is 1. The van der Waals surface area contributed by atoms with Gasteiger partial charge in [0, 0.05) is 36.3 Å². The van der Waals surface area contributed by atoms with Crippen molar-refractivity contribution in [3.8, 4) is 0 Å². The summed E-state index contributed by atoms with van der Waals surface area (Å²) in [4.78, 5) is 0. The summed E-state index contributed by atoms with van der Waals surface area (Å²) in [5.41, 5.74) is 0. The Morgan fingerprint density at radius 1 is 1.39 bits per heavy atom. The van der Waals surface area contributed by atoms with Crippen LogP contribution in [0.3, 0.4) is 0 Å². The maximum atomic E-state index is 12.4. The molecule has 3 nitrogen and oxygen atoms in total. The zero-order chi connectivity index (χ0) is 13.4. The third-order valence-electron chi connectivity index (χ3n) is 4.00. The molecular weight excluding hydrogens is 246 g/mol. The van der Waals surface area contributed by atoms with E-state index in [1.54, 1.807) is 7.11 Å². The maximum Gasteiger partial charge on any atom is 0.0503 e. The predicted molar refractivity (Wildman–Crippen MR) is 78.4 cm³/mol. The number of rotatable bonds is 8. The highest BCUT2D eigenvalue weighted by Gasteiger charge is 2.32. The first-order valence-electron chi connectivity index (χ1n) is 7.26. The highest BCUT2D eigenvalue weighted by molar-refractivity contribution is 7.85. The molecule has 0 aromatic heterocycles. The summed E-state index contributed by atoms with van der Waals surface area (Å²) in [5.74, 6) is 1.58. The van der Waals surface area contributed by atoms with E-state index in [2.05, 4.69) is 12.2 Å². The van der Waals surface area contributed by atoms with Gasteiger partial charge < -0.3 is 10.1 Å². The molecule has 1 saturated carbocycles. The molecule has 4 heteroatoms. The molecule has 1 aliphatic rings. The van der Waals surface area contributed by atoms with Gasteiger partial charge >= 0.3 is 0 Å². The van der Waals surface area contributed by atoms with Gasteiger partial charge in [0.25, 0.3) is 0 Å². The van der Waals surface area contributed by atoms with Crippen LogP contribution in [0.25, 0.3) is 0 Å². The van der Waals surface area contributed by atoms with E-state index >= 15 is 0 Å². The highest BCUT2D eigenvalue weighted by Crippen LogP contribution is 2.31. The van der Waals surface area contributed by atoms with Gasteiger partial charge in [0.05, 0.1) is 5.25 Å². The van der Waals surface area contributed by atoms with E-state index in [0.29, 0.717) is 11.3 Å². The molecule has 1 fully saturated rings. The Hall–Kier alpha value is 0.0700. The van der Waals surface area contributed by atoms with Crippen LogP contribution < -0.4 is 5.32 Å². The van der Waals surface area contributed by atoms with Crippen molar-refractivity contribution in [3.05, 3.63) is 0 Å². The third kappa shape index (κ3) is 4.98. The van der Waals surface area contributed by atoms with Gasteiger partial charge in [-0.3, -0.25) is 4.21 Å². The molecule has 1 N–H and O–H groups in total. The second-order valence-corrected chi connectivity index (χ2v) is 7.11. The summed E-state index contributed by atoms with van der Waals surface area (Å²) in [6, 6.07) is 0.446. The normalized spacial score (nSPS) is 30.3. The Bertz CT molecular complexity index is 248. The van der Waals surface area contributed by atoms with Gasteiger partial charge in [0.2, 0.25) is 0 Å². The minimum atomic E-state index is -0.705. The van der Waals surface area contributed by atoms with E-state index in [0.717, 1.165) is 31.1 Å². The van der Waals surface area contributed by atoms with Crippen LogP contribution in [0, 0.1) is 5.92 Å².